The third-order valence-electron chi connectivity index (χ3n) is 3.67. The molecule has 0 spiro atoms. The number of H-pyrrole nitrogens is 1. The summed E-state index contributed by atoms with van der Waals surface area (Å²) in [6.45, 7) is 0. The van der Waals surface area contributed by atoms with Gasteiger partial charge >= 0.3 is 0 Å². The molecule has 0 aliphatic rings. The zero-order chi connectivity index (χ0) is 17.4. The standard InChI is InChI=1S/C18H11ClFN3OS/c19-12-8-11(5-6-13(12)20)21-17(24)16-9-25-18(23-16)15-7-10-3-1-2-4-14(10)22-15/h1-9,22H,(H,21,24). The van der Waals surface area contributed by atoms with Crippen molar-refractivity contribution < 1.29 is 9.18 Å². The Labute approximate surface area is 151 Å². The number of fused-ring (bicyclic) bond motifs is 1. The summed E-state index contributed by atoms with van der Waals surface area (Å²) < 4.78 is 13.2. The first-order chi connectivity index (χ1) is 12.1. The van der Waals surface area contributed by atoms with Gasteiger partial charge in [-0.2, -0.15) is 0 Å². The normalized spacial score (nSPS) is 11.0. The average molecular weight is 372 g/mol. The molecule has 2 N–H and O–H groups in total. The SMILES string of the molecule is O=C(Nc1ccc(F)c(Cl)c1)c1csc(-c2cc3ccccc3[nH]2)n1. The number of nitrogens with one attached hydrogen (secondary N) is 2. The average Bonchev–Trinajstić information content (AvgIpc) is 3.24. The maximum Gasteiger partial charge on any atom is 0.275 e. The number of anilines is 1. The Morgan fingerprint density at radius 3 is 2.84 bits per heavy atom. The van der Waals surface area contributed by atoms with Gasteiger partial charge in [0.25, 0.3) is 5.91 Å². The van der Waals surface area contributed by atoms with Gasteiger partial charge in [-0.3, -0.25) is 4.79 Å². The minimum Gasteiger partial charge on any atom is -0.353 e. The summed E-state index contributed by atoms with van der Waals surface area (Å²) in [5.74, 6) is -0.907. The summed E-state index contributed by atoms with van der Waals surface area (Å²) in [6, 6.07) is 13.9. The van der Waals surface area contributed by atoms with E-state index in [1.807, 2.05) is 30.3 Å². The summed E-state index contributed by atoms with van der Waals surface area (Å²) in [7, 11) is 0. The van der Waals surface area contributed by atoms with E-state index in [0.717, 1.165) is 21.6 Å². The van der Waals surface area contributed by atoms with Crippen LogP contribution in [0.25, 0.3) is 21.6 Å². The van der Waals surface area contributed by atoms with Crippen LogP contribution in [0.1, 0.15) is 10.5 Å². The number of nitrogens with zero attached hydrogens (tertiary/aromatic N) is 1. The van der Waals surface area contributed by atoms with Crippen LogP contribution < -0.4 is 5.32 Å². The summed E-state index contributed by atoms with van der Waals surface area (Å²) in [5, 5.41) is 6.10. The van der Waals surface area contributed by atoms with Crippen LogP contribution in [0.2, 0.25) is 5.02 Å². The topological polar surface area (TPSA) is 57.8 Å². The molecule has 0 saturated heterocycles. The van der Waals surface area contributed by atoms with Gasteiger partial charge in [0.05, 0.1) is 10.7 Å². The highest BCUT2D eigenvalue weighted by atomic mass is 35.5. The molecule has 2 heterocycles. The van der Waals surface area contributed by atoms with Crippen molar-refractivity contribution in [3.05, 3.63) is 70.4 Å². The maximum absolute atomic E-state index is 13.2. The van der Waals surface area contributed by atoms with E-state index in [1.165, 1.54) is 29.5 Å². The molecule has 124 valence electrons. The third kappa shape index (κ3) is 3.14. The lowest BCUT2D eigenvalue weighted by Crippen LogP contribution is -2.12. The molecule has 0 unspecified atom stereocenters. The quantitative estimate of drug-likeness (QED) is 0.511. The lowest BCUT2D eigenvalue weighted by molar-refractivity contribution is 0.102. The van der Waals surface area contributed by atoms with E-state index in [0.29, 0.717) is 11.4 Å². The molecule has 7 heteroatoms. The largest absolute Gasteiger partial charge is 0.353 e. The van der Waals surface area contributed by atoms with Crippen LogP contribution in [0.4, 0.5) is 10.1 Å². The molecule has 4 aromatic rings. The molecule has 0 aliphatic heterocycles. The van der Waals surface area contributed by atoms with Gasteiger partial charge < -0.3 is 10.3 Å². The number of amides is 1. The van der Waals surface area contributed by atoms with E-state index in [4.69, 9.17) is 11.6 Å². The summed E-state index contributed by atoms with van der Waals surface area (Å²) in [6.07, 6.45) is 0. The van der Waals surface area contributed by atoms with Crippen molar-refractivity contribution >= 4 is 45.4 Å². The summed E-state index contributed by atoms with van der Waals surface area (Å²) in [5.41, 5.74) is 2.57. The van der Waals surface area contributed by atoms with E-state index in [2.05, 4.69) is 15.3 Å². The predicted molar refractivity (Wildman–Crippen MR) is 98.8 cm³/mol. The van der Waals surface area contributed by atoms with E-state index >= 15 is 0 Å². The number of carbonyl (C=O) groups is 1. The molecule has 25 heavy (non-hydrogen) atoms. The number of benzene rings is 2. The number of rotatable bonds is 3. The number of thiazole rings is 1. The first-order valence-electron chi connectivity index (χ1n) is 7.40. The van der Waals surface area contributed by atoms with Crippen molar-refractivity contribution in [3.8, 4) is 10.7 Å². The van der Waals surface area contributed by atoms with Gasteiger partial charge in [0, 0.05) is 22.0 Å². The van der Waals surface area contributed by atoms with E-state index < -0.39 is 5.82 Å². The fourth-order valence-corrected chi connectivity index (χ4v) is 3.41. The van der Waals surface area contributed by atoms with Crippen molar-refractivity contribution in [1.82, 2.24) is 9.97 Å². The predicted octanol–water partition coefficient (Wildman–Crippen LogP) is 5.34. The Hall–Kier alpha value is -2.70. The molecule has 2 aromatic carbocycles. The fourth-order valence-electron chi connectivity index (χ4n) is 2.46. The fraction of sp³-hybridized carbons (Fsp3) is 0. The van der Waals surface area contributed by atoms with Gasteiger partial charge in [0.1, 0.15) is 16.5 Å². The number of aromatic amines is 1. The second-order valence-corrected chi connectivity index (χ2v) is 6.66. The first-order valence-corrected chi connectivity index (χ1v) is 8.66. The molecule has 0 aliphatic carbocycles. The molecular weight excluding hydrogens is 361 g/mol. The van der Waals surface area contributed by atoms with Crippen LogP contribution in [-0.2, 0) is 0 Å². The Morgan fingerprint density at radius 2 is 2.04 bits per heavy atom. The number of halogens is 2. The third-order valence-corrected chi connectivity index (χ3v) is 4.84. The van der Waals surface area contributed by atoms with Gasteiger partial charge in [0.15, 0.2) is 0 Å². The Balaban J connectivity index is 1.57. The summed E-state index contributed by atoms with van der Waals surface area (Å²) >= 11 is 7.10. The molecule has 4 nitrogen and oxygen atoms in total. The molecule has 4 rings (SSSR count). The van der Waals surface area contributed by atoms with E-state index in [1.54, 1.807) is 5.38 Å². The van der Waals surface area contributed by atoms with Crippen molar-refractivity contribution in [2.24, 2.45) is 0 Å². The molecule has 0 fully saturated rings. The number of hydrogen-bond acceptors (Lipinski definition) is 3. The van der Waals surface area contributed by atoms with Crippen LogP contribution >= 0.6 is 22.9 Å². The van der Waals surface area contributed by atoms with Crippen LogP contribution in [-0.4, -0.2) is 15.9 Å². The molecule has 1 amide bonds. The zero-order valence-corrected chi connectivity index (χ0v) is 14.3. The number of hydrogen-bond donors (Lipinski definition) is 2. The van der Waals surface area contributed by atoms with Crippen LogP contribution in [0.5, 0.6) is 0 Å². The molecule has 0 bridgehead atoms. The Kier molecular flexibility index (Phi) is 3.99. The second-order valence-electron chi connectivity index (χ2n) is 5.39. The first kappa shape index (κ1) is 15.8. The monoisotopic (exact) mass is 371 g/mol. The highest BCUT2D eigenvalue weighted by Gasteiger charge is 2.14. The van der Waals surface area contributed by atoms with Crippen LogP contribution in [0.15, 0.2) is 53.9 Å². The zero-order valence-electron chi connectivity index (χ0n) is 12.7. The van der Waals surface area contributed by atoms with E-state index in [-0.39, 0.29) is 10.9 Å². The Morgan fingerprint density at radius 1 is 1.20 bits per heavy atom. The van der Waals surface area contributed by atoms with Crippen LogP contribution in [0, 0.1) is 5.82 Å². The summed E-state index contributed by atoms with van der Waals surface area (Å²) in [4.78, 5) is 20.0. The van der Waals surface area contributed by atoms with Gasteiger partial charge in [0.2, 0.25) is 0 Å². The lowest BCUT2D eigenvalue weighted by atomic mass is 10.2. The second kappa shape index (κ2) is 6.31. The number of para-hydroxylation sites is 1. The van der Waals surface area contributed by atoms with Gasteiger partial charge in [-0.15, -0.1) is 11.3 Å². The van der Waals surface area contributed by atoms with Crippen molar-refractivity contribution in [2.45, 2.75) is 0 Å². The number of carbonyl (C=O) groups excluding carboxylic acids is 1. The van der Waals surface area contributed by atoms with Gasteiger partial charge in [-0.25, -0.2) is 9.37 Å². The molecule has 0 radical (unpaired) electrons. The smallest absolute Gasteiger partial charge is 0.275 e. The molecule has 0 saturated carbocycles. The molecule has 2 aromatic heterocycles. The highest BCUT2D eigenvalue weighted by molar-refractivity contribution is 7.13. The van der Waals surface area contributed by atoms with Gasteiger partial charge in [-0.05, 0) is 30.3 Å². The van der Waals surface area contributed by atoms with Crippen molar-refractivity contribution in [3.63, 3.8) is 0 Å². The highest BCUT2D eigenvalue weighted by Crippen LogP contribution is 2.27. The molecule has 0 atom stereocenters. The maximum atomic E-state index is 13.2. The lowest BCUT2D eigenvalue weighted by Gasteiger charge is -2.03. The van der Waals surface area contributed by atoms with Crippen molar-refractivity contribution in [1.29, 1.82) is 0 Å². The Bertz CT molecular complexity index is 1060. The molecular formula is C18H11ClFN3OS. The van der Waals surface area contributed by atoms with Crippen LogP contribution in [0.3, 0.4) is 0 Å². The van der Waals surface area contributed by atoms with E-state index in [9.17, 15) is 9.18 Å². The minimum absolute atomic E-state index is 0.0464. The number of aromatic nitrogens is 2. The van der Waals surface area contributed by atoms with Gasteiger partial charge in [-0.1, -0.05) is 29.8 Å². The minimum atomic E-state index is -0.533. The van der Waals surface area contributed by atoms with Crippen molar-refractivity contribution in [2.75, 3.05) is 5.32 Å².